The molecule has 4 saturated heterocycles. The monoisotopic (exact) mass is 878 g/mol. The van der Waals surface area contributed by atoms with Gasteiger partial charge in [-0.3, -0.25) is 38.9 Å². The number of halogens is 2. The number of nitrogens with zero attached hydrogens (tertiary/aromatic N) is 5. The number of fused-ring (bicyclic) bond motifs is 4. The smallest absolute Gasteiger partial charge is 0.284 e. The normalized spacial score (nSPS) is 26.9. The summed E-state index contributed by atoms with van der Waals surface area (Å²) in [4.78, 5) is 70.3. The molecule has 2 aromatic heterocycles. The van der Waals surface area contributed by atoms with Crippen LogP contribution in [-0.2, 0) is 14.3 Å². The van der Waals surface area contributed by atoms with E-state index in [2.05, 4.69) is 30.8 Å². The van der Waals surface area contributed by atoms with E-state index in [1.165, 1.54) is 0 Å². The minimum atomic E-state index is -2.85. The van der Waals surface area contributed by atoms with E-state index in [1.807, 2.05) is 12.1 Å². The molecule has 7 aliphatic rings. The highest BCUT2D eigenvalue weighted by atomic mass is 19.3. The van der Waals surface area contributed by atoms with Crippen LogP contribution in [0, 0.1) is 17.3 Å². The van der Waals surface area contributed by atoms with Gasteiger partial charge in [0.2, 0.25) is 11.8 Å². The fourth-order valence-electron chi connectivity index (χ4n) is 11.9. The summed E-state index contributed by atoms with van der Waals surface area (Å²) < 4.78 is 42.3. The van der Waals surface area contributed by atoms with E-state index < -0.39 is 47.7 Å². The maximum atomic E-state index is 14.3. The van der Waals surface area contributed by atoms with Crippen LogP contribution in [0.25, 0.3) is 11.0 Å². The van der Waals surface area contributed by atoms with Crippen molar-refractivity contribution in [1.29, 1.82) is 0 Å². The fourth-order valence-corrected chi connectivity index (χ4v) is 11.9. The molecule has 1 spiro atoms. The number of morpholine rings is 1. The number of ether oxygens (including phenoxy) is 1. The van der Waals surface area contributed by atoms with Gasteiger partial charge in [0.05, 0.1) is 47.2 Å². The molecular weight excluding hydrogens is 827 g/mol. The number of furan rings is 1. The van der Waals surface area contributed by atoms with Crippen molar-refractivity contribution in [1.82, 2.24) is 24.9 Å². The molecule has 6 fully saturated rings. The average molecular weight is 879 g/mol. The molecule has 336 valence electrons. The number of likely N-dealkylation sites (tertiary alicyclic amines) is 1. The summed E-state index contributed by atoms with van der Waals surface area (Å²) in [5.74, 6) is -0.906. The van der Waals surface area contributed by atoms with E-state index in [1.54, 1.807) is 41.2 Å². The first-order chi connectivity index (χ1) is 31.0. The molecule has 5 amide bonds. The first-order valence-electron chi connectivity index (χ1n) is 22.9. The predicted molar refractivity (Wildman–Crippen MR) is 230 cm³/mol. The molecule has 4 aromatic rings. The number of rotatable bonds is 11. The van der Waals surface area contributed by atoms with Gasteiger partial charge in [-0.1, -0.05) is 18.2 Å². The van der Waals surface area contributed by atoms with Crippen LogP contribution in [0.4, 0.5) is 26.0 Å². The van der Waals surface area contributed by atoms with E-state index in [0.717, 1.165) is 94.3 Å². The van der Waals surface area contributed by atoms with Crippen molar-refractivity contribution in [3.63, 3.8) is 0 Å². The Morgan fingerprint density at radius 2 is 1.73 bits per heavy atom. The number of carbonyl (C=O) groups excluding carboxylic acids is 5. The number of piperidine rings is 2. The molecule has 2 bridgehead atoms. The topological polar surface area (TPSA) is 171 Å². The zero-order chi connectivity index (χ0) is 43.9. The summed E-state index contributed by atoms with van der Waals surface area (Å²) in [6.07, 6.45) is 8.12. The van der Waals surface area contributed by atoms with E-state index in [0.29, 0.717) is 53.1 Å². The number of alkyl halides is 2. The average Bonchev–Trinajstić information content (AvgIpc) is 4.13. The van der Waals surface area contributed by atoms with Gasteiger partial charge in [-0.05, 0) is 113 Å². The number of imide groups is 2. The molecule has 3 atom stereocenters. The molecule has 17 heteroatoms. The number of benzene rings is 2. The maximum absolute atomic E-state index is 14.3. The lowest BCUT2D eigenvalue weighted by Gasteiger charge is -2.53. The minimum Gasteiger partial charge on any atom is -0.440 e. The van der Waals surface area contributed by atoms with Crippen molar-refractivity contribution < 1.29 is 41.9 Å². The fraction of sp³-hybridized carbons (Fsp3) is 0.532. The van der Waals surface area contributed by atoms with Crippen LogP contribution in [0.2, 0.25) is 0 Å². The molecule has 0 radical (unpaired) electrons. The van der Waals surface area contributed by atoms with Crippen molar-refractivity contribution in [2.45, 2.75) is 101 Å². The number of carbonyl (C=O) groups is 5. The van der Waals surface area contributed by atoms with E-state index in [4.69, 9.17) is 9.15 Å². The van der Waals surface area contributed by atoms with Crippen molar-refractivity contribution in [2.24, 2.45) is 17.3 Å². The van der Waals surface area contributed by atoms with Gasteiger partial charge >= 0.3 is 0 Å². The molecule has 5 aliphatic heterocycles. The Bertz CT molecular complexity index is 2530. The third-order valence-corrected chi connectivity index (χ3v) is 15.3. The predicted octanol–water partition coefficient (Wildman–Crippen LogP) is 6.53. The largest absolute Gasteiger partial charge is 0.440 e. The zero-order valence-electron chi connectivity index (χ0n) is 35.5. The molecule has 2 saturated carbocycles. The summed E-state index contributed by atoms with van der Waals surface area (Å²) in [6, 6.07) is 11.6. The number of para-hydroxylation sites is 1. The lowest BCUT2D eigenvalue weighted by atomic mass is 9.57. The van der Waals surface area contributed by atoms with Crippen molar-refractivity contribution in [3.05, 3.63) is 71.0 Å². The number of amides is 5. The van der Waals surface area contributed by atoms with Gasteiger partial charge in [-0.25, -0.2) is 8.78 Å². The summed E-state index contributed by atoms with van der Waals surface area (Å²) in [5, 5.41) is 13.5. The molecule has 1 unspecified atom stereocenters. The van der Waals surface area contributed by atoms with Crippen LogP contribution in [0.5, 0.6) is 0 Å². The second kappa shape index (κ2) is 16.1. The first-order valence-corrected chi connectivity index (χ1v) is 22.9. The van der Waals surface area contributed by atoms with Gasteiger partial charge < -0.3 is 29.6 Å². The Labute approximate surface area is 368 Å². The van der Waals surface area contributed by atoms with Crippen LogP contribution in [-0.4, -0.2) is 107 Å². The van der Waals surface area contributed by atoms with Crippen LogP contribution in [0.15, 0.2) is 53.1 Å². The van der Waals surface area contributed by atoms with Gasteiger partial charge in [0, 0.05) is 49.4 Å². The SMILES string of the molecule is O=C1CCC(N2C(=O)c3cccc(NCC4CC5(CCN(CC6CCC(n7cc(NC(=O)c8cccc9cc(N%10C[C@H]%11C[C@@H]%10CO%11)oc89)c(C(F)F)n7)CC6)CC5)C4)c3C2=O)C(=O)N1. The number of aromatic nitrogens is 2. The molecule has 3 N–H and O–H groups in total. The number of nitrogens with one attached hydrogen (secondary N) is 3. The maximum Gasteiger partial charge on any atom is 0.284 e. The van der Waals surface area contributed by atoms with Crippen molar-refractivity contribution in [3.8, 4) is 0 Å². The van der Waals surface area contributed by atoms with Gasteiger partial charge in [0.15, 0.2) is 11.6 Å². The minimum absolute atomic E-state index is 0.0182. The Balaban J connectivity index is 0.646. The third kappa shape index (κ3) is 7.33. The Morgan fingerprint density at radius 3 is 2.47 bits per heavy atom. The van der Waals surface area contributed by atoms with E-state index in [-0.39, 0.29) is 47.8 Å². The lowest BCUT2D eigenvalue weighted by molar-refractivity contribution is -0.136. The Hall–Kier alpha value is -5.68. The molecular formula is C47H52F2N8O7. The summed E-state index contributed by atoms with van der Waals surface area (Å²) in [5.41, 5.74) is 1.77. The molecule has 15 nitrogen and oxygen atoms in total. The van der Waals surface area contributed by atoms with Gasteiger partial charge in [-0.15, -0.1) is 0 Å². The molecule has 7 heterocycles. The van der Waals surface area contributed by atoms with Crippen LogP contribution in [0.1, 0.15) is 120 Å². The summed E-state index contributed by atoms with van der Waals surface area (Å²) >= 11 is 0. The highest BCUT2D eigenvalue weighted by Gasteiger charge is 2.48. The molecule has 2 aromatic carbocycles. The highest BCUT2D eigenvalue weighted by molar-refractivity contribution is 6.25. The van der Waals surface area contributed by atoms with Crippen molar-refractivity contribution >= 4 is 57.8 Å². The highest BCUT2D eigenvalue weighted by Crippen LogP contribution is 2.53. The third-order valence-electron chi connectivity index (χ3n) is 15.3. The first kappa shape index (κ1) is 41.1. The van der Waals surface area contributed by atoms with E-state index >= 15 is 0 Å². The standard InChI is InChI=1S/C47H52F2N8O7/c48-42(49)40-35(51-43(59)33-5-1-3-28-17-38(64-41(28)33)55-23-31-18-30(55)25-63-31)24-56(53-40)29-9-7-26(8-10-29)22-54-15-13-47(14-16-54)19-27(20-47)21-50-34-6-2-4-32-39(34)46(62)57(45(32)61)36-11-12-37(58)52-44(36)60/h1-6,17,24,26-27,29-31,36,42,50H,7-16,18-23,25H2,(H,51,59)(H,52,58,60)/t26?,29?,30-,31-,36?/m1/s1. The summed E-state index contributed by atoms with van der Waals surface area (Å²) in [7, 11) is 0. The molecule has 11 rings (SSSR count). The zero-order valence-corrected chi connectivity index (χ0v) is 35.5. The molecule has 2 aliphatic carbocycles. The number of hydrogen-bond acceptors (Lipinski definition) is 11. The summed E-state index contributed by atoms with van der Waals surface area (Å²) in [6.45, 7) is 5.17. The second-order valence-electron chi connectivity index (χ2n) is 19.3. The quantitative estimate of drug-likeness (QED) is 0.140. The van der Waals surface area contributed by atoms with Crippen LogP contribution >= 0.6 is 0 Å². The van der Waals surface area contributed by atoms with E-state index in [9.17, 15) is 32.8 Å². The Morgan fingerprint density at radius 1 is 0.938 bits per heavy atom. The van der Waals surface area contributed by atoms with Crippen LogP contribution in [0.3, 0.4) is 0 Å². The lowest BCUT2D eigenvalue weighted by Crippen LogP contribution is -2.54. The van der Waals surface area contributed by atoms with Gasteiger partial charge in [0.25, 0.3) is 24.1 Å². The van der Waals surface area contributed by atoms with Crippen LogP contribution < -0.4 is 20.9 Å². The van der Waals surface area contributed by atoms with Gasteiger partial charge in [-0.2, -0.15) is 5.10 Å². The number of anilines is 3. The van der Waals surface area contributed by atoms with Gasteiger partial charge in [0.1, 0.15) is 11.6 Å². The second-order valence-corrected chi connectivity index (χ2v) is 19.3. The number of hydrogen-bond donors (Lipinski definition) is 3. The Kier molecular flexibility index (Phi) is 10.3. The van der Waals surface area contributed by atoms with Crippen molar-refractivity contribution in [2.75, 3.05) is 54.9 Å². The molecule has 64 heavy (non-hydrogen) atoms.